The maximum atomic E-state index is 14.5. The number of nitrogens with one attached hydrogen (secondary N) is 2. The third kappa shape index (κ3) is 5.09. The van der Waals surface area contributed by atoms with Gasteiger partial charge in [-0.1, -0.05) is 20.8 Å². The number of primary amides is 1. The molecule has 2 atom stereocenters. The first-order valence-corrected chi connectivity index (χ1v) is 10.2. The first-order valence-electron chi connectivity index (χ1n) is 10.2. The van der Waals surface area contributed by atoms with Gasteiger partial charge in [0.2, 0.25) is 5.82 Å². The number of hydrogen-bond acceptors (Lipinski definition) is 6. The summed E-state index contributed by atoms with van der Waals surface area (Å²) in [6.07, 6.45) is -2.02. The summed E-state index contributed by atoms with van der Waals surface area (Å²) in [5.41, 5.74) is 3.25. The Morgan fingerprint density at radius 2 is 1.97 bits per heavy atom. The molecule has 1 fully saturated rings. The van der Waals surface area contributed by atoms with Crippen LogP contribution in [0.3, 0.4) is 0 Å². The smallest absolute Gasteiger partial charge is 0.405 e. The second kappa shape index (κ2) is 8.89. The second-order valence-electron chi connectivity index (χ2n) is 9.14. The molecular weight excluding hydrogens is 428 g/mol. The molecule has 1 saturated heterocycles. The summed E-state index contributed by atoms with van der Waals surface area (Å²) in [6, 6.07) is 0.752. The van der Waals surface area contributed by atoms with Crippen molar-refractivity contribution < 1.29 is 37.4 Å². The Morgan fingerprint density at radius 1 is 1.31 bits per heavy atom. The van der Waals surface area contributed by atoms with Gasteiger partial charge < -0.3 is 30.6 Å². The van der Waals surface area contributed by atoms with E-state index in [0.29, 0.717) is 0 Å². The number of carbonyl (C=O) groups is 3. The predicted octanol–water partition coefficient (Wildman–Crippen LogP) is 2.23. The van der Waals surface area contributed by atoms with Crippen molar-refractivity contribution in [2.75, 3.05) is 18.5 Å². The van der Waals surface area contributed by atoms with Crippen LogP contribution in [0.4, 0.5) is 19.3 Å². The van der Waals surface area contributed by atoms with Gasteiger partial charge in [0.1, 0.15) is 11.6 Å². The molecule has 0 aromatic heterocycles. The van der Waals surface area contributed by atoms with Crippen LogP contribution in [0.25, 0.3) is 0 Å². The molecule has 1 spiro atoms. The molecular formula is C21H27F2N3O6. The average molecular weight is 455 g/mol. The molecule has 1 aromatic carbocycles. The van der Waals surface area contributed by atoms with E-state index in [4.69, 9.17) is 19.9 Å². The first kappa shape index (κ1) is 23.7. The molecule has 0 aliphatic carbocycles. The van der Waals surface area contributed by atoms with Crippen molar-refractivity contribution in [1.82, 2.24) is 5.32 Å². The molecule has 176 valence electrons. The van der Waals surface area contributed by atoms with Gasteiger partial charge in [-0.2, -0.15) is 4.39 Å². The maximum Gasteiger partial charge on any atom is 0.405 e. The lowest BCUT2D eigenvalue weighted by Gasteiger charge is -2.41. The van der Waals surface area contributed by atoms with Crippen molar-refractivity contribution in [2.24, 2.45) is 11.1 Å². The van der Waals surface area contributed by atoms with Crippen molar-refractivity contribution in [2.45, 2.75) is 57.8 Å². The van der Waals surface area contributed by atoms with E-state index in [-0.39, 0.29) is 38.2 Å². The molecule has 0 bridgehead atoms. The summed E-state index contributed by atoms with van der Waals surface area (Å²) < 4.78 is 44.7. The Balaban J connectivity index is 1.96. The highest BCUT2D eigenvalue weighted by Gasteiger charge is 2.51. The van der Waals surface area contributed by atoms with Gasteiger partial charge in [0, 0.05) is 12.8 Å². The molecule has 11 heteroatoms. The quantitative estimate of drug-likeness (QED) is 0.639. The summed E-state index contributed by atoms with van der Waals surface area (Å²) in [5, 5.41) is 5.07. The van der Waals surface area contributed by atoms with Crippen LogP contribution in [0.15, 0.2) is 12.1 Å². The van der Waals surface area contributed by atoms with Crippen molar-refractivity contribution in [3.05, 3.63) is 23.8 Å². The van der Waals surface area contributed by atoms with Crippen molar-refractivity contribution in [1.29, 1.82) is 0 Å². The highest BCUT2D eigenvalue weighted by atomic mass is 19.2. The van der Waals surface area contributed by atoms with Gasteiger partial charge in [0.25, 0.3) is 11.8 Å². The van der Waals surface area contributed by atoms with E-state index in [0.717, 1.165) is 6.07 Å². The molecule has 3 amide bonds. The molecule has 2 aliphatic heterocycles. The van der Waals surface area contributed by atoms with E-state index in [1.54, 1.807) is 0 Å². The third-order valence-corrected chi connectivity index (χ3v) is 5.38. The van der Waals surface area contributed by atoms with Crippen LogP contribution < -0.4 is 21.1 Å². The van der Waals surface area contributed by atoms with E-state index < -0.39 is 58.5 Å². The van der Waals surface area contributed by atoms with E-state index in [1.165, 1.54) is 6.07 Å². The lowest BCUT2D eigenvalue weighted by molar-refractivity contribution is -0.141. The van der Waals surface area contributed by atoms with Crippen LogP contribution in [0, 0.1) is 17.0 Å². The SMILES string of the molecule is CC(C)(C)C[C@H](OC(N)=O)C(=O)NC1C(=O)Nc2ccc(F)c(F)c2OC12CCOCC2. The fourth-order valence-corrected chi connectivity index (χ4v) is 3.86. The third-order valence-electron chi connectivity index (χ3n) is 5.38. The maximum absolute atomic E-state index is 14.5. The molecule has 0 radical (unpaired) electrons. The van der Waals surface area contributed by atoms with Crippen molar-refractivity contribution in [3.63, 3.8) is 0 Å². The molecule has 9 nitrogen and oxygen atoms in total. The lowest BCUT2D eigenvalue weighted by Crippen LogP contribution is -2.63. The molecule has 0 saturated carbocycles. The fourth-order valence-electron chi connectivity index (χ4n) is 3.86. The number of anilines is 1. The number of amides is 3. The Bertz CT molecular complexity index is 912. The number of nitrogens with two attached hydrogens (primary N) is 1. The van der Waals surface area contributed by atoms with Crippen LogP contribution in [0.5, 0.6) is 5.75 Å². The number of hydrogen-bond donors (Lipinski definition) is 3. The molecule has 1 unspecified atom stereocenters. The van der Waals surface area contributed by atoms with Gasteiger partial charge in [-0.15, -0.1) is 0 Å². The summed E-state index contributed by atoms with van der Waals surface area (Å²) in [7, 11) is 0. The normalized spacial score (nSPS) is 20.9. The van der Waals surface area contributed by atoms with Gasteiger partial charge in [-0.3, -0.25) is 9.59 Å². The Labute approximate surface area is 183 Å². The van der Waals surface area contributed by atoms with Crippen LogP contribution >= 0.6 is 0 Å². The molecule has 4 N–H and O–H groups in total. The largest absolute Gasteiger partial charge is 0.479 e. The zero-order chi connectivity index (χ0) is 23.7. The van der Waals surface area contributed by atoms with E-state index in [9.17, 15) is 23.2 Å². The minimum absolute atomic E-state index is 0.0591. The summed E-state index contributed by atoms with van der Waals surface area (Å²) in [5.74, 6) is -4.27. The molecule has 2 aliphatic rings. The summed E-state index contributed by atoms with van der Waals surface area (Å²) in [6.45, 7) is 5.87. The summed E-state index contributed by atoms with van der Waals surface area (Å²) >= 11 is 0. The minimum atomic E-state index is -1.41. The Morgan fingerprint density at radius 3 is 2.56 bits per heavy atom. The fraction of sp³-hybridized carbons (Fsp3) is 0.571. The van der Waals surface area contributed by atoms with E-state index in [2.05, 4.69) is 10.6 Å². The topological polar surface area (TPSA) is 129 Å². The number of fused-ring (bicyclic) bond motifs is 1. The average Bonchev–Trinajstić information content (AvgIpc) is 2.80. The molecule has 1 aromatic rings. The molecule has 32 heavy (non-hydrogen) atoms. The molecule has 3 rings (SSSR count). The zero-order valence-corrected chi connectivity index (χ0v) is 18.1. The predicted molar refractivity (Wildman–Crippen MR) is 109 cm³/mol. The highest BCUT2D eigenvalue weighted by Crippen LogP contribution is 2.40. The standard InChI is InChI=1S/C21H27F2N3O6/c1-20(2,3)10-13(31-19(24)29)17(27)26-16-18(28)25-12-5-4-11(22)14(23)15(12)32-21(16)6-8-30-9-7-21/h4-5,13,16H,6-10H2,1-3H3,(H2,24,29)(H,25,28)(H,26,27)/t13-,16?/m0/s1. The second-order valence-corrected chi connectivity index (χ2v) is 9.14. The van der Waals surface area contributed by atoms with Crippen LogP contribution in [-0.2, 0) is 19.1 Å². The van der Waals surface area contributed by atoms with Gasteiger partial charge in [-0.25, -0.2) is 9.18 Å². The van der Waals surface area contributed by atoms with Crippen LogP contribution in [0.1, 0.15) is 40.0 Å². The minimum Gasteiger partial charge on any atom is -0.479 e. The van der Waals surface area contributed by atoms with E-state index >= 15 is 0 Å². The lowest BCUT2D eigenvalue weighted by atomic mass is 9.84. The van der Waals surface area contributed by atoms with Crippen molar-refractivity contribution in [3.8, 4) is 5.75 Å². The highest BCUT2D eigenvalue weighted by molar-refractivity contribution is 6.00. The van der Waals surface area contributed by atoms with Gasteiger partial charge in [-0.05, 0) is 24.0 Å². The Hall–Kier alpha value is -2.95. The number of carbonyl (C=O) groups excluding carboxylic acids is 3. The summed E-state index contributed by atoms with van der Waals surface area (Å²) in [4.78, 5) is 37.5. The van der Waals surface area contributed by atoms with E-state index in [1.807, 2.05) is 20.8 Å². The van der Waals surface area contributed by atoms with Crippen LogP contribution in [0.2, 0.25) is 0 Å². The number of rotatable bonds is 4. The number of ether oxygens (including phenoxy) is 3. The number of halogens is 2. The first-order chi connectivity index (χ1) is 14.9. The number of benzene rings is 1. The van der Waals surface area contributed by atoms with Gasteiger partial charge in [0.05, 0.1) is 18.9 Å². The van der Waals surface area contributed by atoms with Gasteiger partial charge in [0.15, 0.2) is 17.7 Å². The van der Waals surface area contributed by atoms with Crippen LogP contribution in [-0.4, -0.2) is 48.9 Å². The molecule has 2 heterocycles. The van der Waals surface area contributed by atoms with Crippen molar-refractivity contribution >= 4 is 23.6 Å². The van der Waals surface area contributed by atoms with Gasteiger partial charge >= 0.3 is 6.09 Å². The monoisotopic (exact) mass is 455 g/mol. The zero-order valence-electron chi connectivity index (χ0n) is 18.1. The Kier molecular flexibility index (Phi) is 6.59.